The van der Waals surface area contributed by atoms with Gasteiger partial charge in [-0.2, -0.15) is 10.5 Å². The lowest BCUT2D eigenvalue weighted by Crippen LogP contribution is -2.11. The summed E-state index contributed by atoms with van der Waals surface area (Å²) in [5.74, 6) is -0.560. The summed E-state index contributed by atoms with van der Waals surface area (Å²) in [6.45, 7) is 0. The SMILES string of the molecule is N#Cc1ccc(Nc2cc(C(N)=O)ccc2N)cc1C#N. The first kappa shape index (κ1) is 13.9. The Morgan fingerprint density at radius 3 is 2.38 bits per heavy atom. The summed E-state index contributed by atoms with van der Waals surface area (Å²) in [5.41, 5.74) is 13.4. The predicted molar refractivity (Wildman–Crippen MR) is 78.5 cm³/mol. The third-order valence-electron chi connectivity index (χ3n) is 2.88. The zero-order valence-electron chi connectivity index (χ0n) is 10.9. The van der Waals surface area contributed by atoms with Crippen molar-refractivity contribution >= 4 is 23.0 Å². The van der Waals surface area contributed by atoms with Crippen molar-refractivity contribution < 1.29 is 4.79 Å². The highest BCUT2D eigenvalue weighted by Gasteiger charge is 2.07. The highest BCUT2D eigenvalue weighted by Crippen LogP contribution is 2.25. The first-order chi connectivity index (χ1) is 10.0. The van der Waals surface area contributed by atoms with Crippen LogP contribution in [0.5, 0.6) is 0 Å². The molecule has 0 spiro atoms. The van der Waals surface area contributed by atoms with Gasteiger partial charge in [-0.15, -0.1) is 0 Å². The molecule has 2 rings (SSSR count). The molecule has 2 aromatic rings. The molecule has 0 bridgehead atoms. The van der Waals surface area contributed by atoms with Gasteiger partial charge in [0, 0.05) is 11.3 Å². The standard InChI is InChI=1S/C15H11N5O/c16-7-10-1-3-12(5-11(10)8-17)20-14-6-9(15(19)21)2-4-13(14)18/h1-6,20H,18H2,(H2,19,21). The van der Waals surface area contributed by atoms with Crippen molar-refractivity contribution in [2.45, 2.75) is 0 Å². The average molecular weight is 277 g/mol. The summed E-state index contributed by atoms with van der Waals surface area (Å²) < 4.78 is 0. The van der Waals surface area contributed by atoms with E-state index in [1.54, 1.807) is 12.1 Å². The minimum atomic E-state index is -0.560. The van der Waals surface area contributed by atoms with Gasteiger partial charge in [-0.05, 0) is 36.4 Å². The number of rotatable bonds is 3. The van der Waals surface area contributed by atoms with Crippen molar-refractivity contribution in [2.75, 3.05) is 11.1 Å². The maximum atomic E-state index is 11.2. The number of amides is 1. The van der Waals surface area contributed by atoms with Crippen molar-refractivity contribution in [3.63, 3.8) is 0 Å². The molecular formula is C15H11N5O. The fourth-order valence-corrected chi connectivity index (χ4v) is 1.79. The number of hydrogen-bond donors (Lipinski definition) is 3. The lowest BCUT2D eigenvalue weighted by atomic mass is 10.1. The van der Waals surface area contributed by atoms with Crippen molar-refractivity contribution in [2.24, 2.45) is 5.73 Å². The highest BCUT2D eigenvalue weighted by atomic mass is 16.1. The van der Waals surface area contributed by atoms with Crippen LogP contribution in [0.4, 0.5) is 17.1 Å². The second-order valence-electron chi connectivity index (χ2n) is 4.28. The second kappa shape index (κ2) is 5.64. The molecule has 6 heteroatoms. The molecule has 102 valence electrons. The highest BCUT2D eigenvalue weighted by molar-refractivity contribution is 5.95. The number of primary amides is 1. The van der Waals surface area contributed by atoms with E-state index in [0.29, 0.717) is 28.2 Å². The zero-order chi connectivity index (χ0) is 15.4. The Bertz CT molecular complexity index is 799. The summed E-state index contributed by atoms with van der Waals surface area (Å²) in [6, 6.07) is 13.2. The molecule has 21 heavy (non-hydrogen) atoms. The second-order valence-corrected chi connectivity index (χ2v) is 4.28. The van der Waals surface area contributed by atoms with Crippen molar-refractivity contribution in [1.29, 1.82) is 10.5 Å². The van der Waals surface area contributed by atoms with Crippen LogP contribution in [0.2, 0.25) is 0 Å². The molecular weight excluding hydrogens is 266 g/mol. The third kappa shape index (κ3) is 2.91. The summed E-state index contributed by atoms with van der Waals surface area (Å²) >= 11 is 0. The molecule has 0 aliphatic rings. The van der Waals surface area contributed by atoms with Gasteiger partial charge in [0.2, 0.25) is 5.91 Å². The Kier molecular flexibility index (Phi) is 3.74. The molecule has 1 amide bonds. The van der Waals surface area contributed by atoms with Crippen LogP contribution in [-0.4, -0.2) is 5.91 Å². The Hall–Kier alpha value is -3.51. The fourth-order valence-electron chi connectivity index (χ4n) is 1.79. The minimum absolute atomic E-state index is 0.257. The van der Waals surface area contributed by atoms with E-state index in [9.17, 15) is 4.79 Å². The van der Waals surface area contributed by atoms with Crippen molar-refractivity contribution in [1.82, 2.24) is 0 Å². The van der Waals surface area contributed by atoms with E-state index < -0.39 is 5.91 Å². The molecule has 0 atom stereocenters. The van der Waals surface area contributed by atoms with Crippen LogP contribution in [0.3, 0.4) is 0 Å². The number of nitrogens with two attached hydrogens (primary N) is 2. The van der Waals surface area contributed by atoms with Gasteiger partial charge < -0.3 is 16.8 Å². The minimum Gasteiger partial charge on any atom is -0.397 e. The molecule has 0 aliphatic carbocycles. The van der Waals surface area contributed by atoms with Gasteiger partial charge in [0.15, 0.2) is 0 Å². The molecule has 0 aromatic heterocycles. The lowest BCUT2D eigenvalue weighted by Gasteiger charge is -2.11. The monoisotopic (exact) mass is 277 g/mol. The van der Waals surface area contributed by atoms with Crippen LogP contribution in [0.1, 0.15) is 21.5 Å². The molecule has 0 saturated heterocycles. The van der Waals surface area contributed by atoms with E-state index in [-0.39, 0.29) is 5.56 Å². The van der Waals surface area contributed by atoms with E-state index in [0.717, 1.165) is 0 Å². The Balaban J connectivity index is 2.39. The molecule has 0 saturated carbocycles. The largest absolute Gasteiger partial charge is 0.397 e. The van der Waals surface area contributed by atoms with Gasteiger partial charge in [0.25, 0.3) is 0 Å². The third-order valence-corrected chi connectivity index (χ3v) is 2.88. The van der Waals surface area contributed by atoms with Crippen LogP contribution < -0.4 is 16.8 Å². The topological polar surface area (TPSA) is 129 Å². The van der Waals surface area contributed by atoms with Crippen LogP contribution in [0.25, 0.3) is 0 Å². The number of hydrogen-bond acceptors (Lipinski definition) is 5. The quantitative estimate of drug-likeness (QED) is 0.737. The van der Waals surface area contributed by atoms with E-state index >= 15 is 0 Å². The number of nitriles is 2. The summed E-state index contributed by atoms with van der Waals surface area (Å²) in [6.07, 6.45) is 0. The van der Waals surface area contributed by atoms with Crippen molar-refractivity contribution in [3.05, 3.63) is 53.1 Å². The lowest BCUT2D eigenvalue weighted by molar-refractivity contribution is 0.100. The van der Waals surface area contributed by atoms with Gasteiger partial charge in [-0.25, -0.2) is 0 Å². The smallest absolute Gasteiger partial charge is 0.248 e. The maximum absolute atomic E-state index is 11.2. The zero-order valence-corrected chi connectivity index (χ0v) is 10.9. The fraction of sp³-hybridized carbons (Fsp3) is 0. The molecule has 0 radical (unpaired) electrons. The summed E-state index contributed by atoms with van der Waals surface area (Å²) in [7, 11) is 0. The normalized spacial score (nSPS) is 9.43. The molecule has 6 nitrogen and oxygen atoms in total. The molecule has 5 N–H and O–H groups in total. The predicted octanol–water partition coefficient (Wildman–Crippen LogP) is 1.85. The Morgan fingerprint density at radius 1 is 1.05 bits per heavy atom. The van der Waals surface area contributed by atoms with Gasteiger partial charge in [0.05, 0.1) is 22.5 Å². The molecule has 0 aliphatic heterocycles. The first-order valence-corrected chi connectivity index (χ1v) is 5.95. The van der Waals surface area contributed by atoms with Crippen molar-refractivity contribution in [3.8, 4) is 12.1 Å². The number of nitrogens with one attached hydrogen (secondary N) is 1. The van der Waals surface area contributed by atoms with Gasteiger partial charge in [-0.1, -0.05) is 0 Å². The number of carbonyl (C=O) groups is 1. The van der Waals surface area contributed by atoms with E-state index in [1.165, 1.54) is 24.3 Å². The Labute approximate surface area is 121 Å². The van der Waals surface area contributed by atoms with Gasteiger partial charge in [0.1, 0.15) is 12.1 Å². The van der Waals surface area contributed by atoms with Crippen LogP contribution in [0.15, 0.2) is 36.4 Å². The average Bonchev–Trinajstić information content (AvgIpc) is 2.49. The summed E-state index contributed by atoms with van der Waals surface area (Å²) in [5, 5.41) is 20.9. The Morgan fingerprint density at radius 2 is 1.76 bits per heavy atom. The van der Waals surface area contributed by atoms with Crippen LogP contribution in [0, 0.1) is 22.7 Å². The number of benzene rings is 2. The number of nitrogen functional groups attached to an aromatic ring is 1. The van der Waals surface area contributed by atoms with E-state index in [1.807, 2.05) is 12.1 Å². The molecule has 0 unspecified atom stereocenters. The number of nitrogens with zero attached hydrogens (tertiary/aromatic N) is 2. The summed E-state index contributed by atoms with van der Waals surface area (Å²) in [4.78, 5) is 11.2. The number of anilines is 3. The molecule has 2 aromatic carbocycles. The number of carbonyl (C=O) groups excluding carboxylic acids is 1. The van der Waals surface area contributed by atoms with Crippen LogP contribution >= 0.6 is 0 Å². The van der Waals surface area contributed by atoms with Crippen LogP contribution in [-0.2, 0) is 0 Å². The molecule has 0 fully saturated rings. The van der Waals surface area contributed by atoms with Gasteiger partial charge in [-0.3, -0.25) is 4.79 Å². The first-order valence-electron chi connectivity index (χ1n) is 5.95. The van der Waals surface area contributed by atoms with Gasteiger partial charge >= 0.3 is 0 Å². The molecule has 0 heterocycles. The maximum Gasteiger partial charge on any atom is 0.248 e. The van der Waals surface area contributed by atoms with E-state index in [4.69, 9.17) is 22.0 Å². The van der Waals surface area contributed by atoms with E-state index in [2.05, 4.69) is 5.32 Å².